The van der Waals surface area contributed by atoms with Gasteiger partial charge in [-0.05, 0) is 50.8 Å². The third-order valence-corrected chi connectivity index (χ3v) is 4.72. The maximum atomic E-state index is 11.9. The van der Waals surface area contributed by atoms with E-state index in [1.807, 2.05) is 17.6 Å². The molecule has 0 aliphatic rings. The minimum atomic E-state index is 0.0645. The Morgan fingerprint density at radius 1 is 1.14 bits per heavy atom. The van der Waals surface area contributed by atoms with Crippen LogP contribution in [0, 0.1) is 13.8 Å². The van der Waals surface area contributed by atoms with E-state index in [1.165, 1.54) is 5.56 Å². The number of guanidine groups is 1. The molecule has 0 amide bonds. The fourth-order valence-corrected chi connectivity index (χ4v) is 3.07. The number of hydrogen-bond acceptors (Lipinski definition) is 3. The smallest absolute Gasteiger partial charge is 0.250 e. The molecule has 1 heterocycles. The molecule has 0 saturated carbocycles. The van der Waals surface area contributed by atoms with Gasteiger partial charge in [-0.3, -0.25) is 9.79 Å². The Balaban J connectivity index is 1.78. The van der Waals surface area contributed by atoms with Gasteiger partial charge in [0.05, 0.1) is 6.61 Å². The Hall–Kier alpha value is -2.76. The second-order valence-electron chi connectivity index (χ2n) is 7.18. The van der Waals surface area contributed by atoms with Crippen LogP contribution in [0.4, 0.5) is 0 Å². The zero-order valence-electron chi connectivity index (χ0n) is 18.1. The maximum Gasteiger partial charge on any atom is 0.250 e. The summed E-state index contributed by atoms with van der Waals surface area (Å²) >= 11 is 0. The molecule has 2 N–H and O–H groups in total. The lowest BCUT2D eigenvalue weighted by molar-refractivity contribution is 0.313. The van der Waals surface area contributed by atoms with Crippen LogP contribution in [-0.4, -0.2) is 30.7 Å². The van der Waals surface area contributed by atoms with E-state index >= 15 is 0 Å². The zero-order chi connectivity index (χ0) is 21.1. The molecule has 0 unspecified atom stereocenters. The summed E-state index contributed by atoms with van der Waals surface area (Å²) in [6.45, 7) is 9.05. The predicted octanol–water partition coefficient (Wildman–Crippen LogP) is 3.40. The molecule has 0 radical (unpaired) electrons. The van der Waals surface area contributed by atoms with Crippen molar-refractivity contribution in [2.75, 3.05) is 20.2 Å². The summed E-state index contributed by atoms with van der Waals surface area (Å²) in [5, 5.41) is 6.69. The molecule has 2 rings (SSSR count). The van der Waals surface area contributed by atoms with Crippen molar-refractivity contribution < 1.29 is 4.74 Å². The van der Waals surface area contributed by atoms with Gasteiger partial charge in [0.1, 0.15) is 5.75 Å². The van der Waals surface area contributed by atoms with E-state index < -0.39 is 0 Å². The highest BCUT2D eigenvalue weighted by Crippen LogP contribution is 2.20. The molecule has 0 atom stereocenters. The molecule has 0 aliphatic heterocycles. The molecule has 6 heteroatoms. The highest BCUT2D eigenvalue weighted by Gasteiger charge is 2.06. The van der Waals surface area contributed by atoms with E-state index in [4.69, 9.17) is 4.74 Å². The molecule has 1 aromatic carbocycles. The number of pyridine rings is 1. The fraction of sp³-hybridized carbons (Fsp3) is 0.478. The lowest BCUT2D eigenvalue weighted by Crippen LogP contribution is -2.37. The summed E-state index contributed by atoms with van der Waals surface area (Å²) in [7, 11) is 1.77. The SMILES string of the molecule is CCCOc1cc(C)ccc1CNC(=NC)NCCCCn1c(C)cccc1=O. The van der Waals surface area contributed by atoms with E-state index in [-0.39, 0.29) is 5.56 Å². The van der Waals surface area contributed by atoms with Crippen LogP contribution in [-0.2, 0) is 13.1 Å². The molecule has 0 fully saturated rings. The number of aryl methyl sites for hydroxylation is 2. The van der Waals surface area contributed by atoms with E-state index in [1.54, 1.807) is 19.2 Å². The summed E-state index contributed by atoms with van der Waals surface area (Å²) in [6, 6.07) is 11.7. The molecule has 29 heavy (non-hydrogen) atoms. The van der Waals surface area contributed by atoms with Crippen molar-refractivity contribution in [2.45, 2.75) is 53.1 Å². The molecule has 0 spiro atoms. The largest absolute Gasteiger partial charge is 0.493 e. The lowest BCUT2D eigenvalue weighted by atomic mass is 10.1. The normalized spacial score (nSPS) is 11.4. The van der Waals surface area contributed by atoms with Crippen LogP contribution in [0.5, 0.6) is 5.75 Å². The lowest BCUT2D eigenvalue weighted by Gasteiger charge is -2.15. The number of hydrogen-bond donors (Lipinski definition) is 2. The van der Waals surface area contributed by atoms with Crippen LogP contribution >= 0.6 is 0 Å². The second kappa shape index (κ2) is 11.9. The first kappa shape index (κ1) is 22.5. The van der Waals surface area contributed by atoms with Crippen LogP contribution in [0.25, 0.3) is 0 Å². The van der Waals surface area contributed by atoms with Crippen molar-refractivity contribution in [3.63, 3.8) is 0 Å². The number of ether oxygens (including phenoxy) is 1. The summed E-state index contributed by atoms with van der Waals surface area (Å²) in [5.74, 6) is 1.69. The fourth-order valence-electron chi connectivity index (χ4n) is 3.07. The van der Waals surface area contributed by atoms with Gasteiger partial charge in [-0.15, -0.1) is 0 Å². The molecule has 0 saturated heterocycles. The van der Waals surface area contributed by atoms with Crippen LogP contribution in [0.1, 0.15) is 43.0 Å². The monoisotopic (exact) mass is 398 g/mol. The number of unbranched alkanes of at least 4 members (excludes halogenated alkanes) is 1. The molecule has 0 aliphatic carbocycles. The van der Waals surface area contributed by atoms with Crippen molar-refractivity contribution in [1.82, 2.24) is 15.2 Å². The number of benzene rings is 1. The first-order chi connectivity index (χ1) is 14.0. The molecule has 158 valence electrons. The molecule has 2 aromatic rings. The molecule has 0 bridgehead atoms. The van der Waals surface area contributed by atoms with Crippen LogP contribution in [0.3, 0.4) is 0 Å². The van der Waals surface area contributed by atoms with E-state index in [2.05, 4.69) is 47.7 Å². The third-order valence-electron chi connectivity index (χ3n) is 4.72. The van der Waals surface area contributed by atoms with Crippen molar-refractivity contribution in [2.24, 2.45) is 4.99 Å². The van der Waals surface area contributed by atoms with Crippen molar-refractivity contribution in [3.8, 4) is 5.75 Å². The number of nitrogens with zero attached hydrogens (tertiary/aromatic N) is 2. The zero-order valence-corrected chi connectivity index (χ0v) is 18.1. The van der Waals surface area contributed by atoms with Gasteiger partial charge in [-0.1, -0.05) is 25.1 Å². The van der Waals surface area contributed by atoms with Gasteiger partial charge in [0, 0.05) is 44.0 Å². The van der Waals surface area contributed by atoms with Gasteiger partial charge >= 0.3 is 0 Å². The number of rotatable bonds is 10. The van der Waals surface area contributed by atoms with Crippen molar-refractivity contribution >= 4 is 5.96 Å². The summed E-state index contributed by atoms with van der Waals surface area (Å²) in [6.07, 6.45) is 2.87. The van der Waals surface area contributed by atoms with Crippen LogP contribution < -0.4 is 20.9 Å². The van der Waals surface area contributed by atoms with Gasteiger partial charge < -0.3 is 19.9 Å². The van der Waals surface area contributed by atoms with Crippen LogP contribution in [0.2, 0.25) is 0 Å². The Labute approximate surface area is 174 Å². The first-order valence-corrected chi connectivity index (χ1v) is 10.4. The van der Waals surface area contributed by atoms with E-state index in [0.717, 1.165) is 55.3 Å². The van der Waals surface area contributed by atoms with Gasteiger partial charge in [0.2, 0.25) is 0 Å². The van der Waals surface area contributed by atoms with E-state index in [0.29, 0.717) is 13.2 Å². The Bertz CT molecular complexity index is 858. The molecule has 6 nitrogen and oxygen atoms in total. The summed E-state index contributed by atoms with van der Waals surface area (Å²) in [4.78, 5) is 16.2. The number of nitrogens with one attached hydrogen (secondary N) is 2. The maximum absolute atomic E-state index is 11.9. The number of aromatic nitrogens is 1. The van der Waals surface area contributed by atoms with Crippen molar-refractivity contribution in [1.29, 1.82) is 0 Å². The standard InChI is InChI=1S/C23H34N4O2/c1-5-15-29-21-16-18(2)11-12-20(21)17-26-23(24-4)25-13-6-7-14-27-19(3)9-8-10-22(27)28/h8-12,16H,5-7,13-15,17H2,1-4H3,(H2,24,25,26). The average molecular weight is 399 g/mol. The average Bonchev–Trinajstić information content (AvgIpc) is 2.71. The highest BCUT2D eigenvalue weighted by atomic mass is 16.5. The molecular formula is C23H34N4O2. The molecule has 1 aromatic heterocycles. The summed E-state index contributed by atoms with van der Waals surface area (Å²) in [5.41, 5.74) is 3.37. The first-order valence-electron chi connectivity index (χ1n) is 10.4. The summed E-state index contributed by atoms with van der Waals surface area (Å²) < 4.78 is 7.70. The highest BCUT2D eigenvalue weighted by molar-refractivity contribution is 5.79. The van der Waals surface area contributed by atoms with Gasteiger partial charge in [-0.2, -0.15) is 0 Å². The Morgan fingerprint density at radius 3 is 2.69 bits per heavy atom. The second-order valence-corrected chi connectivity index (χ2v) is 7.18. The van der Waals surface area contributed by atoms with Crippen LogP contribution in [0.15, 0.2) is 46.2 Å². The molecular weight excluding hydrogens is 364 g/mol. The van der Waals surface area contributed by atoms with Gasteiger partial charge in [-0.25, -0.2) is 0 Å². The quantitative estimate of drug-likeness (QED) is 0.366. The topological polar surface area (TPSA) is 67.7 Å². The van der Waals surface area contributed by atoms with Gasteiger partial charge in [0.15, 0.2) is 5.96 Å². The number of aliphatic imine (C=N–C) groups is 1. The Morgan fingerprint density at radius 2 is 1.97 bits per heavy atom. The predicted molar refractivity (Wildman–Crippen MR) is 120 cm³/mol. The third kappa shape index (κ3) is 7.29. The van der Waals surface area contributed by atoms with Crippen molar-refractivity contribution in [3.05, 3.63) is 63.6 Å². The van der Waals surface area contributed by atoms with Gasteiger partial charge in [0.25, 0.3) is 5.56 Å². The minimum Gasteiger partial charge on any atom is -0.493 e. The van der Waals surface area contributed by atoms with E-state index in [9.17, 15) is 4.79 Å². The Kier molecular flexibility index (Phi) is 9.28. The minimum absolute atomic E-state index is 0.0645.